The third kappa shape index (κ3) is 6.19. The first-order valence-electron chi connectivity index (χ1n) is 11.2. The summed E-state index contributed by atoms with van der Waals surface area (Å²) in [5, 5.41) is 3.49. The zero-order valence-electron chi connectivity index (χ0n) is 18.5. The van der Waals surface area contributed by atoms with Gasteiger partial charge in [0.15, 0.2) is 5.96 Å². The van der Waals surface area contributed by atoms with Crippen LogP contribution in [0.3, 0.4) is 0 Å². The zero-order valence-corrected chi connectivity index (χ0v) is 20.8. The van der Waals surface area contributed by atoms with Crippen molar-refractivity contribution in [3.63, 3.8) is 0 Å². The normalized spacial score (nSPS) is 23.2. The van der Waals surface area contributed by atoms with Crippen molar-refractivity contribution < 1.29 is 9.53 Å². The quantitative estimate of drug-likeness (QED) is 0.341. The molecule has 168 valence electrons. The molecule has 0 radical (unpaired) electrons. The molecule has 0 aromatic rings. The van der Waals surface area contributed by atoms with Crippen LogP contribution >= 0.6 is 24.0 Å². The Bertz CT molecular complexity index is 537. The van der Waals surface area contributed by atoms with Gasteiger partial charge in [-0.3, -0.25) is 14.7 Å². The first kappa shape index (κ1) is 24.7. The molecule has 0 saturated carbocycles. The van der Waals surface area contributed by atoms with E-state index in [1.54, 1.807) is 0 Å². The second-order valence-electron chi connectivity index (χ2n) is 8.67. The van der Waals surface area contributed by atoms with E-state index < -0.39 is 0 Å². The van der Waals surface area contributed by atoms with Crippen LogP contribution in [0.15, 0.2) is 4.99 Å². The molecule has 29 heavy (non-hydrogen) atoms. The summed E-state index contributed by atoms with van der Waals surface area (Å²) in [4.78, 5) is 24.4. The number of hydrogen-bond acceptors (Lipinski definition) is 4. The molecule has 0 unspecified atom stereocenters. The molecule has 8 heteroatoms. The molecule has 0 bridgehead atoms. The zero-order chi connectivity index (χ0) is 20.0. The van der Waals surface area contributed by atoms with Gasteiger partial charge >= 0.3 is 0 Å². The molecule has 3 fully saturated rings. The second kappa shape index (κ2) is 11.7. The lowest BCUT2D eigenvalue weighted by molar-refractivity contribution is -0.135. The monoisotopic (exact) mass is 521 g/mol. The van der Waals surface area contributed by atoms with Crippen LogP contribution in [0.1, 0.15) is 46.5 Å². The van der Waals surface area contributed by atoms with Crippen molar-refractivity contribution in [2.24, 2.45) is 10.9 Å². The summed E-state index contributed by atoms with van der Waals surface area (Å²) in [5.74, 6) is 1.34. The number of rotatable bonds is 5. The fourth-order valence-corrected chi connectivity index (χ4v) is 4.67. The van der Waals surface area contributed by atoms with E-state index in [0.717, 1.165) is 71.3 Å². The SMILES string of the molecule is CCNC(=NCC1(N2CCCC2)CCOCC1)N1CCN(C(=O)C(C)C)CC1.I. The minimum absolute atomic E-state index is 0. The topological polar surface area (TPSA) is 60.4 Å². The summed E-state index contributed by atoms with van der Waals surface area (Å²) in [6.07, 6.45) is 4.76. The largest absolute Gasteiger partial charge is 0.381 e. The van der Waals surface area contributed by atoms with E-state index in [4.69, 9.17) is 9.73 Å². The fourth-order valence-electron chi connectivity index (χ4n) is 4.67. The smallest absolute Gasteiger partial charge is 0.225 e. The summed E-state index contributed by atoms with van der Waals surface area (Å²) in [6, 6.07) is 0. The van der Waals surface area contributed by atoms with Crippen LogP contribution in [-0.4, -0.2) is 97.7 Å². The predicted molar refractivity (Wildman–Crippen MR) is 128 cm³/mol. The Kier molecular flexibility index (Phi) is 9.94. The van der Waals surface area contributed by atoms with E-state index in [1.807, 2.05) is 18.7 Å². The van der Waals surface area contributed by atoms with Gasteiger partial charge in [-0.2, -0.15) is 0 Å². The van der Waals surface area contributed by atoms with E-state index >= 15 is 0 Å². The highest BCUT2D eigenvalue weighted by atomic mass is 127. The number of nitrogens with one attached hydrogen (secondary N) is 1. The van der Waals surface area contributed by atoms with Crippen LogP contribution in [-0.2, 0) is 9.53 Å². The lowest BCUT2D eigenvalue weighted by Gasteiger charge is -2.44. The molecule has 7 nitrogen and oxygen atoms in total. The lowest BCUT2D eigenvalue weighted by atomic mass is 9.88. The second-order valence-corrected chi connectivity index (χ2v) is 8.67. The highest BCUT2D eigenvalue weighted by molar-refractivity contribution is 14.0. The Balaban J connectivity index is 0.00000300. The molecule has 3 rings (SSSR count). The first-order valence-corrected chi connectivity index (χ1v) is 11.2. The van der Waals surface area contributed by atoms with Gasteiger partial charge in [-0.25, -0.2) is 0 Å². The van der Waals surface area contributed by atoms with E-state index in [1.165, 1.54) is 25.9 Å². The molecule has 1 N–H and O–H groups in total. The molecule has 3 aliphatic heterocycles. The maximum Gasteiger partial charge on any atom is 0.225 e. The van der Waals surface area contributed by atoms with Crippen molar-refractivity contribution in [1.29, 1.82) is 0 Å². The van der Waals surface area contributed by atoms with E-state index in [9.17, 15) is 4.79 Å². The Hall–Kier alpha value is -0.610. The van der Waals surface area contributed by atoms with Crippen LogP contribution < -0.4 is 5.32 Å². The lowest BCUT2D eigenvalue weighted by Crippen LogP contribution is -2.56. The van der Waals surface area contributed by atoms with E-state index in [2.05, 4.69) is 22.0 Å². The van der Waals surface area contributed by atoms with Gasteiger partial charge in [0, 0.05) is 57.4 Å². The van der Waals surface area contributed by atoms with Crippen molar-refractivity contribution >= 4 is 35.8 Å². The van der Waals surface area contributed by atoms with Gasteiger partial charge in [-0.05, 0) is 45.7 Å². The number of amides is 1. The molecule has 3 saturated heterocycles. The third-order valence-corrected chi connectivity index (χ3v) is 6.44. The maximum atomic E-state index is 12.3. The number of piperazine rings is 1. The van der Waals surface area contributed by atoms with Gasteiger partial charge in [0.05, 0.1) is 6.54 Å². The number of hydrogen-bond donors (Lipinski definition) is 1. The van der Waals surface area contributed by atoms with Crippen LogP contribution in [0.4, 0.5) is 0 Å². The number of likely N-dealkylation sites (tertiary alicyclic amines) is 1. The summed E-state index contributed by atoms with van der Waals surface area (Å²) < 4.78 is 5.67. The Labute approximate surface area is 193 Å². The predicted octanol–water partition coefficient (Wildman–Crippen LogP) is 2.02. The number of carbonyl (C=O) groups excluding carboxylic acids is 1. The van der Waals surface area contributed by atoms with Gasteiger partial charge in [0.2, 0.25) is 5.91 Å². The Morgan fingerprint density at radius 3 is 2.17 bits per heavy atom. The Morgan fingerprint density at radius 2 is 1.62 bits per heavy atom. The van der Waals surface area contributed by atoms with E-state index in [-0.39, 0.29) is 41.3 Å². The fraction of sp³-hybridized carbons (Fsp3) is 0.905. The number of carbonyl (C=O) groups is 1. The van der Waals surface area contributed by atoms with Gasteiger partial charge in [-0.1, -0.05) is 13.8 Å². The Morgan fingerprint density at radius 1 is 1.03 bits per heavy atom. The molecule has 0 spiro atoms. The minimum atomic E-state index is 0. The van der Waals surface area contributed by atoms with Gasteiger partial charge in [-0.15, -0.1) is 24.0 Å². The number of ether oxygens (including phenoxy) is 1. The molecule has 1 amide bonds. The molecule has 0 aromatic heterocycles. The van der Waals surface area contributed by atoms with Crippen LogP contribution in [0.5, 0.6) is 0 Å². The van der Waals surface area contributed by atoms with Gasteiger partial charge < -0.3 is 19.9 Å². The molecule has 0 atom stereocenters. The molecule has 3 aliphatic rings. The van der Waals surface area contributed by atoms with E-state index in [0.29, 0.717) is 0 Å². The maximum absolute atomic E-state index is 12.3. The number of aliphatic imine (C=N–C) groups is 1. The molecule has 0 aliphatic carbocycles. The van der Waals surface area contributed by atoms with Gasteiger partial charge in [0.25, 0.3) is 0 Å². The van der Waals surface area contributed by atoms with Gasteiger partial charge in [0.1, 0.15) is 0 Å². The average molecular weight is 521 g/mol. The van der Waals surface area contributed by atoms with Crippen molar-refractivity contribution in [2.45, 2.75) is 52.0 Å². The van der Waals surface area contributed by atoms with Crippen molar-refractivity contribution in [1.82, 2.24) is 20.0 Å². The third-order valence-electron chi connectivity index (χ3n) is 6.44. The first-order chi connectivity index (χ1) is 13.6. The highest BCUT2D eigenvalue weighted by Crippen LogP contribution is 2.31. The average Bonchev–Trinajstić information content (AvgIpc) is 3.27. The van der Waals surface area contributed by atoms with Crippen molar-refractivity contribution in [3.05, 3.63) is 0 Å². The van der Waals surface area contributed by atoms with Crippen LogP contribution in [0.25, 0.3) is 0 Å². The van der Waals surface area contributed by atoms with Crippen LogP contribution in [0, 0.1) is 5.92 Å². The number of nitrogens with zero attached hydrogens (tertiary/aromatic N) is 4. The molecular formula is C21H40IN5O2. The minimum Gasteiger partial charge on any atom is -0.381 e. The molecular weight excluding hydrogens is 481 g/mol. The summed E-state index contributed by atoms with van der Waals surface area (Å²) >= 11 is 0. The molecule has 0 aromatic carbocycles. The van der Waals surface area contributed by atoms with Crippen molar-refractivity contribution in [2.75, 3.05) is 65.6 Å². The molecule has 3 heterocycles. The highest BCUT2D eigenvalue weighted by Gasteiger charge is 2.39. The number of halogens is 1. The summed E-state index contributed by atoms with van der Waals surface area (Å²) in [5.41, 5.74) is 0.158. The number of guanidine groups is 1. The van der Waals surface area contributed by atoms with Crippen molar-refractivity contribution in [3.8, 4) is 0 Å². The van der Waals surface area contributed by atoms with Crippen LogP contribution in [0.2, 0.25) is 0 Å². The standard InChI is InChI=1S/C21H39N5O2.HI/c1-4-22-20(25-13-11-24(12-14-25)19(27)18(2)3)23-17-21(7-15-28-16-8-21)26-9-5-6-10-26;/h18H,4-17H2,1-3H3,(H,22,23);1H. The summed E-state index contributed by atoms with van der Waals surface area (Å²) in [6.45, 7) is 15.1. The summed E-state index contributed by atoms with van der Waals surface area (Å²) in [7, 11) is 0.